The first kappa shape index (κ1) is 30.6. The quantitative estimate of drug-likeness (QED) is 0.237. The maximum Gasteiger partial charge on any atom is 0.573 e. The maximum atomic E-state index is 12.9. The number of amides is 3. The summed E-state index contributed by atoms with van der Waals surface area (Å²) in [6, 6.07) is 15.2. The molecule has 10 nitrogen and oxygen atoms in total. The lowest BCUT2D eigenvalue weighted by Crippen LogP contribution is -2.31. The van der Waals surface area contributed by atoms with Gasteiger partial charge in [0.15, 0.2) is 11.0 Å². The van der Waals surface area contributed by atoms with Crippen LogP contribution in [0.2, 0.25) is 0 Å². The number of methoxy groups -OCH3 is 1. The minimum Gasteiger partial charge on any atom is -0.497 e. The number of aryl methyl sites for hydroxylation is 1. The van der Waals surface area contributed by atoms with Crippen LogP contribution in [-0.4, -0.2) is 51.1 Å². The van der Waals surface area contributed by atoms with Crippen LogP contribution < -0.4 is 19.7 Å². The van der Waals surface area contributed by atoms with Gasteiger partial charge in [0, 0.05) is 17.3 Å². The molecule has 1 aliphatic rings. The van der Waals surface area contributed by atoms with Crippen LogP contribution >= 0.6 is 11.8 Å². The average molecular weight is 625 g/mol. The molecule has 1 fully saturated rings. The van der Waals surface area contributed by atoms with Gasteiger partial charge in [-0.2, -0.15) is 4.99 Å². The maximum absolute atomic E-state index is 12.9. The van der Waals surface area contributed by atoms with Crippen molar-refractivity contribution >= 4 is 40.2 Å². The van der Waals surface area contributed by atoms with Crippen molar-refractivity contribution in [3.05, 3.63) is 78.1 Å². The number of amidine groups is 1. The van der Waals surface area contributed by atoms with Crippen LogP contribution in [0.1, 0.15) is 30.9 Å². The Kier molecular flexibility index (Phi) is 8.63. The van der Waals surface area contributed by atoms with Gasteiger partial charge in [-0.05, 0) is 72.5 Å². The Hall–Kier alpha value is -4.85. The van der Waals surface area contributed by atoms with Gasteiger partial charge in [0.05, 0.1) is 24.2 Å². The van der Waals surface area contributed by atoms with Crippen LogP contribution in [0.5, 0.6) is 11.5 Å². The van der Waals surface area contributed by atoms with Crippen molar-refractivity contribution in [3.63, 3.8) is 0 Å². The van der Waals surface area contributed by atoms with E-state index in [1.807, 2.05) is 32.9 Å². The first-order valence-electron chi connectivity index (χ1n) is 13.3. The van der Waals surface area contributed by atoms with Crippen LogP contribution in [0.3, 0.4) is 0 Å². The van der Waals surface area contributed by atoms with E-state index < -0.39 is 12.4 Å². The highest BCUT2D eigenvalue weighted by atomic mass is 32.2. The molecule has 0 saturated carbocycles. The molecule has 44 heavy (non-hydrogen) atoms. The number of hydrogen-bond donors (Lipinski definition) is 1. The van der Waals surface area contributed by atoms with Gasteiger partial charge in [-0.25, -0.2) is 14.5 Å². The number of thioether (sulfide) groups is 1. The molecule has 3 amide bonds. The molecule has 0 bridgehead atoms. The van der Waals surface area contributed by atoms with Gasteiger partial charge in [-0.1, -0.05) is 31.7 Å². The summed E-state index contributed by atoms with van der Waals surface area (Å²) in [5, 5.41) is 7.45. The van der Waals surface area contributed by atoms with E-state index in [0.717, 1.165) is 11.1 Å². The summed E-state index contributed by atoms with van der Waals surface area (Å²) in [6.07, 6.45) is -3.33. The van der Waals surface area contributed by atoms with Gasteiger partial charge in [0.25, 0.3) is 0 Å². The van der Waals surface area contributed by atoms with Crippen LogP contribution in [0, 0.1) is 6.92 Å². The molecule has 0 atom stereocenters. The zero-order valence-corrected chi connectivity index (χ0v) is 24.9. The predicted octanol–water partition coefficient (Wildman–Crippen LogP) is 6.94. The fraction of sp³-hybridized carbons (Fsp3) is 0.233. The Morgan fingerprint density at radius 3 is 2.45 bits per heavy atom. The van der Waals surface area contributed by atoms with Gasteiger partial charge in [0.2, 0.25) is 5.91 Å². The summed E-state index contributed by atoms with van der Waals surface area (Å²) in [6.45, 7) is 5.86. The molecule has 1 N–H and O–H groups in total. The highest BCUT2D eigenvalue weighted by Crippen LogP contribution is 2.36. The molecule has 0 radical (unpaired) electrons. The van der Waals surface area contributed by atoms with Crippen molar-refractivity contribution in [3.8, 4) is 28.6 Å². The van der Waals surface area contributed by atoms with Crippen LogP contribution in [0.15, 0.2) is 72.0 Å². The van der Waals surface area contributed by atoms with Gasteiger partial charge >= 0.3 is 12.4 Å². The van der Waals surface area contributed by atoms with E-state index in [2.05, 4.69) is 25.1 Å². The molecule has 1 aromatic heterocycles. The minimum absolute atomic E-state index is 0.116. The normalized spacial score (nSPS) is 14.4. The van der Waals surface area contributed by atoms with Crippen LogP contribution in [-0.2, 0) is 4.79 Å². The molecule has 5 rings (SSSR count). The molecular weight excluding hydrogens is 597 g/mol. The second-order valence-electron chi connectivity index (χ2n) is 10.0. The van der Waals surface area contributed by atoms with E-state index in [1.165, 1.54) is 51.9 Å². The lowest BCUT2D eigenvalue weighted by Gasteiger charge is -2.22. The molecule has 0 spiro atoms. The number of anilines is 2. The standard InChI is InChI=1S/C30H27F3N6O4S/c1-17(2)23-12-10-22(42-4)14-25(23)39-26(40)15-44-29(39)36-28(41)35-19-5-11-24(18(3)13-19)27-34-16-38(37-27)20-6-8-21(9-7-20)43-30(31,32)33/h5-14,16-17H,15H2,1-4H3,(H,35,41). The van der Waals surface area contributed by atoms with Crippen LogP contribution in [0.25, 0.3) is 17.1 Å². The van der Waals surface area contributed by atoms with E-state index >= 15 is 0 Å². The Labute approximate surface area is 254 Å². The van der Waals surface area contributed by atoms with E-state index in [-0.39, 0.29) is 28.5 Å². The summed E-state index contributed by atoms with van der Waals surface area (Å²) in [4.78, 5) is 35.8. The third kappa shape index (κ3) is 6.86. The summed E-state index contributed by atoms with van der Waals surface area (Å²) in [7, 11) is 1.55. The molecule has 0 unspecified atom stereocenters. The summed E-state index contributed by atoms with van der Waals surface area (Å²) < 4.78 is 48.0. The number of carbonyl (C=O) groups is 2. The van der Waals surface area contributed by atoms with Crippen molar-refractivity contribution in [1.29, 1.82) is 0 Å². The highest BCUT2D eigenvalue weighted by Gasteiger charge is 2.33. The number of aromatic nitrogens is 3. The Bertz CT molecular complexity index is 1740. The lowest BCUT2D eigenvalue weighted by molar-refractivity contribution is -0.274. The van der Waals surface area contributed by atoms with Crippen molar-refractivity contribution in [2.24, 2.45) is 4.99 Å². The second kappa shape index (κ2) is 12.4. The van der Waals surface area contributed by atoms with Crippen molar-refractivity contribution in [2.45, 2.75) is 33.1 Å². The first-order chi connectivity index (χ1) is 20.9. The van der Waals surface area contributed by atoms with Crippen LogP contribution in [0.4, 0.5) is 29.3 Å². The Balaban J connectivity index is 1.31. The number of ether oxygens (including phenoxy) is 2. The zero-order chi connectivity index (χ0) is 31.6. The number of benzene rings is 3. The fourth-order valence-corrected chi connectivity index (χ4v) is 5.41. The molecule has 1 aliphatic heterocycles. The van der Waals surface area contributed by atoms with Gasteiger partial charge < -0.3 is 14.8 Å². The Morgan fingerprint density at radius 2 is 1.80 bits per heavy atom. The van der Waals surface area contributed by atoms with Crippen molar-refractivity contribution < 1.29 is 32.2 Å². The number of nitrogens with zero attached hydrogens (tertiary/aromatic N) is 5. The number of urea groups is 1. The summed E-state index contributed by atoms with van der Waals surface area (Å²) in [5.41, 5.74) is 3.96. The highest BCUT2D eigenvalue weighted by molar-refractivity contribution is 8.15. The zero-order valence-electron chi connectivity index (χ0n) is 24.0. The SMILES string of the molecule is COc1ccc(C(C)C)c(N2C(=O)CSC2=NC(=O)Nc2ccc(-c3ncn(-c4ccc(OC(F)(F)F)cc4)n3)c(C)c2)c1. The molecule has 14 heteroatoms. The second-order valence-corrected chi connectivity index (χ2v) is 10.9. The average Bonchev–Trinajstić information content (AvgIpc) is 3.59. The van der Waals surface area contributed by atoms with Gasteiger partial charge in [-0.15, -0.1) is 18.3 Å². The largest absolute Gasteiger partial charge is 0.573 e. The van der Waals surface area contributed by atoms with E-state index in [1.54, 1.807) is 31.4 Å². The molecule has 2 heterocycles. The lowest BCUT2D eigenvalue weighted by atomic mass is 10.00. The fourth-order valence-electron chi connectivity index (χ4n) is 4.56. The van der Waals surface area contributed by atoms with E-state index in [9.17, 15) is 22.8 Å². The topological polar surface area (TPSA) is 111 Å². The van der Waals surface area contributed by atoms with Crippen molar-refractivity contribution in [1.82, 2.24) is 14.8 Å². The smallest absolute Gasteiger partial charge is 0.497 e. The van der Waals surface area contributed by atoms with Crippen molar-refractivity contribution in [2.75, 3.05) is 23.1 Å². The third-order valence-corrected chi connectivity index (χ3v) is 7.53. The number of nitrogens with one attached hydrogen (secondary N) is 1. The van der Waals surface area contributed by atoms with E-state index in [0.29, 0.717) is 34.2 Å². The minimum atomic E-state index is -4.78. The molecule has 0 aliphatic carbocycles. The number of rotatable bonds is 7. The molecule has 228 valence electrons. The van der Waals surface area contributed by atoms with E-state index in [4.69, 9.17) is 4.74 Å². The summed E-state index contributed by atoms with van der Waals surface area (Å²) >= 11 is 1.18. The Morgan fingerprint density at radius 1 is 1.07 bits per heavy atom. The molecule has 1 saturated heterocycles. The first-order valence-corrected chi connectivity index (χ1v) is 14.3. The summed E-state index contributed by atoms with van der Waals surface area (Å²) in [5.74, 6) is 0.708. The number of halogens is 3. The van der Waals surface area contributed by atoms with Gasteiger partial charge in [-0.3, -0.25) is 9.69 Å². The molecule has 3 aromatic carbocycles. The molecule has 4 aromatic rings. The molecular formula is C30H27F3N6O4S. The number of carbonyl (C=O) groups excluding carboxylic acids is 2. The van der Waals surface area contributed by atoms with Gasteiger partial charge in [0.1, 0.15) is 17.8 Å². The monoisotopic (exact) mass is 624 g/mol. The predicted molar refractivity (Wildman–Crippen MR) is 162 cm³/mol. The number of aliphatic imine (C=N–C) groups is 1. The number of hydrogen-bond acceptors (Lipinski definition) is 7. The third-order valence-electron chi connectivity index (χ3n) is 6.61. The number of alkyl halides is 3.